The molecule has 2 rings (SSSR count). The van der Waals surface area contributed by atoms with Crippen LogP contribution < -0.4 is 16.0 Å². The van der Waals surface area contributed by atoms with E-state index in [2.05, 4.69) is 5.48 Å². The fourth-order valence-corrected chi connectivity index (χ4v) is 1.68. The van der Waals surface area contributed by atoms with Gasteiger partial charge in [0.25, 0.3) is 0 Å². The molecule has 1 aliphatic heterocycles. The maximum atomic E-state index is 10.4. The van der Waals surface area contributed by atoms with Crippen LogP contribution >= 0.6 is 0 Å². The second-order valence-electron chi connectivity index (χ2n) is 3.65. The van der Waals surface area contributed by atoms with Gasteiger partial charge in [-0.15, -0.1) is 0 Å². The number of carbonyl (C=O) groups is 1. The third-order valence-electron chi connectivity index (χ3n) is 2.45. The minimum absolute atomic E-state index is 0.116. The number of benzene rings is 1. The average Bonchev–Trinajstić information content (AvgIpc) is 2.68. The highest BCUT2D eigenvalue weighted by Crippen LogP contribution is 2.32. The normalized spacial score (nSPS) is 17.9. The number of carbonyl (C=O) groups excluding carboxylic acids is 1. The zero-order valence-corrected chi connectivity index (χ0v) is 8.81. The summed E-state index contributed by atoms with van der Waals surface area (Å²) in [5.74, 6) is 0.684. The molecule has 0 aliphatic carbocycles. The van der Waals surface area contributed by atoms with Gasteiger partial charge in [-0.25, -0.2) is 5.48 Å². The first kappa shape index (κ1) is 10.9. The molecular weight excluding hydrogens is 208 g/mol. The molecule has 0 radical (unpaired) electrons. The standard InChI is InChI=1S/C11H14N2O3/c12-11(14)7-16-13-5-8-6-15-10-4-2-1-3-9(8)10/h1-4,8,13H,5-7H2,(H2,12,14). The zero-order chi connectivity index (χ0) is 11.4. The third kappa shape index (κ3) is 2.50. The maximum Gasteiger partial charge on any atom is 0.245 e. The van der Waals surface area contributed by atoms with Crippen molar-refractivity contribution in [2.24, 2.45) is 5.73 Å². The van der Waals surface area contributed by atoms with E-state index in [1.165, 1.54) is 0 Å². The van der Waals surface area contributed by atoms with Gasteiger partial charge in [-0.3, -0.25) is 9.63 Å². The van der Waals surface area contributed by atoms with E-state index >= 15 is 0 Å². The molecule has 1 unspecified atom stereocenters. The summed E-state index contributed by atoms with van der Waals surface area (Å²) >= 11 is 0. The summed E-state index contributed by atoms with van der Waals surface area (Å²) < 4.78 is 5.50. The Labute approximate surface area is 93.5 Å². The van der Waals surface area contributed by atoms with Crippen molar-refractivity contribution < 1.29 is 14.4 Å². The first-order valence-electron chi connectivity index (χ1n) is 5.12. The van der Waals surface area contributed by atoms with Gasteiger partial charge in [0, 0.05) is 18.0 Å². The molecule has 0 aromatic heterocycles. The summed E-state index contributed by atoms with van der Waals surface area (Å²) in [6.07, 6.45) is 0. The van der Waals surface area contributed by atoms with Crippen molar-refractivity contribution in [3.05, 3.63) is 29.8 Å². The number of fused-ring (bicyclic) bond motifs is 1. The van der Waals surface area contributed by atoms with E-state index in [0.717, 1.165) is 11.3 Å². The third-order valence-corrected chi connectivity index (χ3v) is 2.45. The first-order chi connectivity index (χ1) is 7.77. The van der Waals surface area contributed by atoms with E-state index < -0.39 is 5.91 Å². The van der Waals surface area contributed by atoms with Crippen LogP contribution in [0, 0.1) is 0 Å². The summed E-state index contributed by atoms with van der Waals surface area (Å²) in [4.78, 5) is 15.3. The van der Waals surface area contributed by atoms with Crippen molar-refractivity contribution >= 4 is 5.91 Å². The molecule has 16 heavy (non-hydrogen) atoms. The maximum absolute atomic E-state index is 10.4. The van der Waals surface area contributed by atoms with E-state index in [1.807, 2.05) is 24.3 Å². The largest absolute Gasteiger partial charge is 0.493 e. The van der Waals surface area contributed by atoms with Gasteiger partial charge >= 0.3 is 0 Å². The zero-order valence-electron chi connectivity index (χ0n) is 8.81. The number of hydrogen-bond donors (Lipinski definition) is 2. The number of nitrogens with one attached hydrogen (secondary N) is 1. The van der Waals surface area contributed by atoms with Crippen molar-refractivity contribution in [2.45, 2.75) is 5.92 Å². The van der Waals surface area contributed by atoms with E-state index in [0.29, 0.717) is 13.2 Å². The predicted molar refractivity (Wildman–Crippen MR) is 57.8 cm³/mol. The highest BCUT2D eigenvalue weighted by atomic mass is 16.6. The van der Waals surface area contributed by atoms with Gasteiger partial charge in [-0.05, 0) is 6.07 Å². The molecule has 0 fully saturated rings. The quantitative estimate of drug-likeness (QED) is 0.550. The molecule has 3 N–H and O–H groups in total. The fourth-order valence-electron chi connectivity index (χ4n) is 1.68. The molecule has 5 heteroatoms. The Morgan fingerprint density at radius 3 is 3.19 bits per heavy atom. The van der Waals surface area contributed by atoms with Crippen molar-refractivity contribution in [2.75, 3.05) is 19.8 Å². The fraction of sp³-hybridized carbons (Fsp3) is 0.364. The molecule has 1 aromatic carbocycles. The number of nitrogens with two attached hydrogens (primary N) is 1. The lowest BCUT2D eigenvalue weighted by molar-refractivity contribution is -0.125. The molecule has 1 amide bonds. The van der Waals surface area contributed by atoms with Crippen LogP contribution in [0.25, 0.3) is 0 Å². The van der Waals surface area contributed by atoms with Crippen LogP contribution in [0.5, 0.6) is 5.75 Å². The van der Waals surface area contributed by atoms with Crippen LogP contribution in [0.15, 0.2) is 24.3 Å². The monoisotopic (exact) mass is 222 g/mol. The lowest BCUT2D eigenvalue weighted by Gasteiger charge is -2.09. The van der Waals surface area contributed by atoms with Crippen LogP contribution in [-0.4, -0.2) is 25.7 Å². The first-order valence-corrected chi connectivity index (χ1v) is 5.12. The second-order valence-corrected chi connectivity index (χ2v) is 3.65. The van der Waals surface area contributed by atoms with E-state index in [9.17, 15) is 4.79 Å². The van der Waals surface area contributed by atoms with Gasteiger partial charge in [-0.2, -0.15) is 0 Å². The average molecular weight is 222 g/mol. The number of ether oxygens (including phenoxy) is 1. The Balaban J connectivity index is 1.82. The van der Waals surface area contributed by atoms with Crippen molar-refractivity contribution in [1.82, 2.24) is 5.48 Å². The molecule has 86 valence electrons. The van der Waals surface area contributed by atoms with Crippen LogP contribution in [0.4, 0.5) is 0 Å². The topological polar surface area (TPSA) is 73.6 Å². The van der Waals surface area contributed by atoms with E-state index in [1.54, 1.807) is 0 Å². The summed E-state index contributed by atoms with van der Waals surface area (Å²) in [6, 6.07) is 7.89. The van der Waals surface area contributed by atoms with Gasteiger partial charge in [0.2, 0.25) is 5.91 Å². The van der Waals surface area contributed by atoms with Crippen LogP contribution in [0.3, 0.4) is 0 Å². The van der Waals surface area contributed by atoms with Crippen LogP contribution in [0.2, 0.25) is 0 Å². The number of hydroxylamine groups is 1. The minimum Gasteiger partial charge on any atom is -0.493 e. The van der Waals surface area contributed by atoms with Crippen molar-refractivity contribution in [3.63, 3.8) is 0 Å². The van der Waals surface area contributed by atoms with Gasteiger partial charge in [0.05, 0.1) is 6.61 Å². The number of amides is 1. The highest BCUT2D eigenvalue weighted by molar-refractivity contribution is 5.74. The predicted octanol–water partition coefficient (Wildman–Crippen LogP) is 0.169. The molecule has 0 spiro atoms. The van der Waals surface area contributed by atoms with Gasteiger partial charge in [0.1, 0.15) is 12.4 Å². The lowest BCUT2D eigenvalue weighted by atomic mass is 10.0. The molecule has 1 aliphatic rings. The summed E-state index contributed by atoms with van der Waals surface area (Å²) in [5.41, 5.74) is 8.82. The molecule has 5 nitrogen and oxygen atoms in total. The Morgan fingerprint density at radius 1 is 1.56 bits per heavy atom. The van der Waals surface area contributed by atoms with Crippen molar-refractivity contribution in [3.8, 4) is 5.75 Å². The Hall–Kier alpha value is -1.59. The number of para-hydroxylation sites is 1. The van der Waals surface area contributed by atoms with Crippen LogP contribution in [0.1, 0.15) is 11.5 Å². The van der Waals surface area contributed by atoms with Crippen LogP contribution in [-0.2, 0) is 9.63 Å². The summed E-state index contributed by atoms with van der Waals surface area (Å²) in [5, 5.41) is 0. The van der Waals surface area contributed by atoms with Gasteiger partial charge in [0.15, 0.2) is 0 Å². The smallest absolute Gasteiger partial charge is 0.245 e. The van der Waals surface area contributed by atoms with E-state index in [-0.39, 0.29) is 12.5 Å². The Morgan fingerprint density at radius 2 is 2.38 bits per heavy atom. The Kier molecular flexibility index (Phi) is 3.38. The molecule has 0 bridgehead atoms. The molecule has 1 heterocycles. The summed E-state index contributed by atoms with van der Waals surface area (Å²) in [6.45, 7) is 1.12. The number of hydrogen-bond acceptors (Lipinski definition) is 4. The highest BCUT2D eigenvalue weighted by Gasteiger charge is 2.23. The molecule has 1 aromatic rings. The molecule has 0 saturated carbocycles. The number of primary amides is 1. The molecule has 1 atom stereocenters. The van der Waals surface area contributed by atoms with Gasteiger partial charge < -0.3 is 10.5 Å². The second kappa shape index (κ2) is 4.96. The molecule has 0 saturated heterocycles. The number of rotatable bonds is 5. The van der Waals surface area contributed by atoms with E-state index in [4.69, 9.17) is 15.3 Å². The minimum atomic E-state index is -0.490. The SMILES string of the molecule is NC(=O)CONCC1COc2ccccc21. The lowest BCUT2D eigenvalue weighted by Crippen LogP contribution is -2.28. The summed E-state index contributed by atoms with van der Waals surface area (Å²) in [7, 11) is 0. The van der Waals surface area contributed by atoms with Gasteiger partial charge in [-0.1, -0.05) is 18.2 Å². The Bertz CT molecular complexity index is 381. The van der Waals surface area contributed by atoms with Crippen molar-refractivity contribution in [1.29, 1.82) is 0 Å². The molecular formula is C11H14N2O3.